The third-order valence-electron chi connectivity index (χ3n) is 1.86. The largest absolute Gasteiger partial charge is 0.274 e. The van der Waals surface area contributed by atoms with Gasteiger partial charge in [-0.25, -0.2) is 5.43 Å². The topological polar surface area (TPSA) is 41.5 Å². The summed E-state index contributed by atoms with van der Waals surface area (Å²) >= 11 is 5.78. The first-order chi connectivity index (χ1) is 7.13. The number of benzene rings is 1. The van der Waals surface area contributed by atoms with Gasteiger partial charge in [0.2, 0.25) is 5.91 Å². The Bertz CT molecular complexity index is 371. The molecule has 0 bridgehead atoms. The molecule has 0 aromatic heterocycles. The summed E-state index contributed by atoms with van der Waals surface area (Å²) in [6.07, 6.45) is 0.752. The molecule has 1 amide bonds. The molecule has 4 heteroatoms. The number of hydrogen-bond donors (Lipinski definition) is 1. The molecule has 0 heterocycles. The lowest BCUT2D eigenvalue weighted by molar-refractivity contribution is -0.118. The summed E-state index contributed by atoms with van der Waals surface area (Å²) in [5, 5.41) is 4.70. The Labute approximate surface area is 94.1 Å². The van der Waals surface area contributed by atoms with Crippen LogP contribution in [0.5, 0.6) is 0 Å². The van der Waals surface area contributed by atoms with Crippen LogP contribution in [0.15, 0.2) is 29.4 Å². The van der Waals surface area contributed by atoms with E-state index in [-0.39, 0.29) is 5.91 Å². The van der Waals surface area contributed by atoms with Crippen molar-refractivity contribution in [2.24, 2.45) is 5.10 Å². The molecule has 80 valence electrons. The number of nitrogens with zero attached hydrogens (tertiary/aromatic N) is 1. The maximum absolute atomic E-state index is 10.7. The molecule has 0 saturated carbocycles. The van der Waals surface area contributed by atoms with Gasteiger partial charge in [-0.1, -0.05) is 30.7 Å². The van der Waals surface area contributed by atoms with E-state index in [9.17, 15) is 4.79 Å². The van der Waals surface area contributed by atoms with Gasteiger partial charge in [0.25, 0.3) is 0 Å². The minimum absolute atomic E-state index is 0.171. The van der Waals surface area contributed by atoms with Crippen LogP contribution in [0, 0.1) is 0 Å². The Hall–Kier alpha value is -1.35. The van der Waals surface area contributed by atoms with Crippen LogP contribution in [0.3, 0.4) is 0 Å². The number of carbonyl (C=O) groups excluding carboxylic acids is 1. The van der Waals surface area contributed by atoms with E-state index in [0.29, 0.717) is 5.02 Å². The number of hydrazone groups is 1. The molecule has 1 aromatic carbocycles. The maximum Gasteiger partial charge on any atom is 0.236 e. The average Bonchev–Trinajstić information content (AvgIpc) is 2.21. The standard InChI is InChI=1S/C11H13ClN2O/c1-3-11(14-13-8(2)15)9-4-6-10(12)7-5-9/h4-7H,3H2,1-2H3,(H,13,15)/b14-11+. The van der Waals surface area contributed by atoms with Crippen molar-refractivity contribution in [2.45, 2.75) is 20.3 Å². The molecule has 0 atom stereocenters. The summed E-state index contributed by atoms with van der Waals surface area (Å²) in [6.45, 7) is 3.41. The van der Waals surface area contributed by atoms with E-state index in [2.05, 4.69) is 10.5 Å². The summed E-state index contributed by atoms with van der Waals surface area (Å²) in [5.41, 5.74) is 4.23. The van der Waals surface area contributed by atoms with Crippen molar-refractivity contribution in [3.8, 4) is 0 Å². The van der Waals surface area contributed by atoms with Gasteiger partial charge in [0.1, 0.15) is 0 Å². The predicted molar refractivity (Wildman–Crippen MR) is 62.1 cm³/mol. The van der Waals surface area contributed by atoms with Crippen LogP contribution < -0.4 is 5.43 Å². The minimum atomic E-state index is -0.171. The number of hydrogen-bond acceptors (Lipinski definition) is 2. The minimum Gasteiger partial charge on any atom is -0.274 e. The Morgan fingerprint density at radius 3 is 2.47 bits per heavy atom. The zero-order chi connectivity index (χ0) is 11.3. The molecule has 0 spiro atoms. The molecular weight excluding hydrogens is 212 g/mol. The zero-order valence-electron chi connectivity index (χ0n) is 8.75. The van der Waals surface area contributed by atoms with E-state index in [1.54, 1.807) is 12.1 Å². The molecule has 1 N–H and O–H groups in total. The highest BCUT2D eigenvalue weighted by molar-refractivity contribution is 6.30. The van der Waals surface area contributed by atoms with Crippen LogP contribution in [0.25, 0.3) is 0 Å². The first-order valence-corrected chi connectivity index (χ1v) is 5.10. The molecule has 0 aliphatic carbocycles. The summed E-state index contributed by atoms with van der Waals surface area (Å²) < 4.78 is 0. The third kappa shape index (κ3) is 3.72. The number of nitrogens with one attached hydrogen (secondary N) is 1. The van der Waals surface area contributed by atoms with Crippen molar-refractivity contribution in [1.29, 1.82) is 0 Å². The molecule has 0 fully saturated rings. The van der Waals surface area contributed by atoms with E-state index in [1.165, 1.54) is 6.92 Å². The molecule has 0 aliphatic heterocycles. The fourth-order valence-corrected chi connectivity index (χ4v) is 1.26. The average molecular weight is 225 g/mol. The third-order valence-corrected chi connectivity index (χ3v) is 2.11. The van der Waals surface area contributed by atoms with Crippen molar-refractivity contribution in [3.05, 3.63) is 34.9 Å². The van der Waals surface area contributed by atoms with Crippen molar-refractivity contribution < 1.29 is 4.79 Å². The summed E-state index contributed by atoms with van der Waals surface area (Å²) in [4.78, 5) is 10.7. The SMILES string of the molecule is CC/C(=N\NC(C)=O)c1ccc(Cl)cc1. The van der Waals surface area contributed by atoms with Crippen LogP contribution in [0.2, 0.25) is 5.02 Å². The lowest BCUT2D eigenvalue weighted by Gasteiger charge is -2.03. The molecule has 15 heavy (non-hydrogen) atoms. The Morgan fingerprint density at radius 2 is 2.00 bits per heavy atom. The second-order valence-corrected chi connectivity index (χ2v) is 3.52. The molecule has 0 radical (unpaired) electrons. The number of rotatable bonds is 3. The molecule has 0 unspecified atom stereocenters. The van der Waals surface area contributed by atoms with Gasteiger partial charge in [0.15, 0.2) is 0 Å². The second-order valence-electron chi connectivity index (χ2n) is 3.09. The van der Waals surface area contributed by atoms with Crippen molar-refractivity contribution in [1.82, 2.24) is 5.43 Å². The van der Waals surface area contributed by atoms with Gasteiger partial charge in [-0.3, -0.25) is 4.79 Å². The summed E-state index contributed by atoms with van der Waals surface area (Å²) in [7, 11) is 0. The normalized spacial score (nSPS) is 11.3. The van der Waals surface area contributed by atoms with Crippen LogP contribution >= 0.6 is 11.6 Å². The van der Waals surface area contributed by atoms with Crippen molar-refractivity contribution in [2.75, 3.05) is 0 Å². The summed E-state index contributed by atoms with van der Waals surface area (Å²) in [5.74, 6) is -0.171. The van der Waals surface area contributed by atoms with Crippen LogP contribution in [-0.2, 0) is 4.79 Å². The Morgan fingerprint density at radius 1 is 1.40 bits per heavy atom. The fourth-order valence-electron chi connectivity index (χ4n) is 1.14. The van der Waals surface area contributed by atoms with E-state index in [0.717, 1.165) is 17.7 Å². The van der Waals surface area contributed by atoms with E-state index >= 15 is 0 Å². The van der Waals surface area contributed by atoms with E-state index in [1.807, 2.05) is 19.1 Å². The Balaban J connectivity index is 2.87. The number of halogens is 1. The quantitative estimate of drug-likeness (QED) is 0.622. The second kappa shape index (κ2) is 5.51. The highest BCUT2D eigenvalue weighted by Crippen LogP contribution is 2.11. The Kier molecular flexibility index (Phi) is 4.31. The van der Waals surface area contributed by atoms with Gasteiger partial charge in [-0.15, -0.1) is 0 Å². The van der Waals surface area contributed by atoms with Gasteiger partial charge < -0.3 is 0 Å². The molecular formula is C11H13ClN2O. The van der Waals surface area contributed by atoms with Gasteiger partial charge >= 0.3 is 0 Å². The fraction of sp³-hybridized carbons (Fsp3) is 0.273. The molecule has 0 aliphatic rings. The van der Waals surface area contributed by atoms with Crippen LogP contribution in [0.1, 0.15) is 25.8 Å². The van der Waals surface area contributed by atoms with Gasteiger partial charge in [-0.2, -0.15) is 5.10 Å². The van der Waals surface area contributed by atoms with Crippen LogP contribution in [0.4, 0.5) is 0 Å². The van der Waals surface area contributed by atoms with Crippen molar-refractivity contribution >= 4 is 23.2 Å². The monoisotopic (exact) mass is 224 g/mol. The maximum atomic E-state index is 10.7. The first-order valence-electron chi connectivity index (χ1n) is 4.72. The smallest absolute Gasteiger partial charge is 0.236 e. The molecule has 0 saturated heterocycles. The lowest BCUT2D eigenvalue weighted by Crippen LogP contribution is -2.16. The van der Waals surface area contributed by atoms with Gasteiger partial charge in [0.05, 0.1) is 5.71 Å². The van der Waals surface area contributed by atoms with Gasteiger partial charge in [-0.05, 0) is 24.1 Å². The first kappa shape index (κ1) is 11.7. The molecule has 3 nitrogen and oxygen atoms in total. The highest BCUT2D eigenvalue weighted by atomic mass is 35.5. The molecule has 1 rings (SSSR count). The lowest BCUT2D eigenvalue weighted by atomic mass is 10.1. The molecule has 1 aromatic rings. The number of carbonyl (C=O) groups is 1. The van der Waals surface area contributed by atoms with E-state index in [4.69, 9.17) is 11.6 Å². The predicted octanol–water partition coefficient (Wildman–Crippen LogP) is 2.59. The highest BCUT2D eigenvalue weighted by Gasteiger charge is 2.01. The number of amides is 1. The summed E-state index contributed by atoms with van der Waals surface area (Å²) in [6, 6.07) is 7.37. The zero-order valence-corrected chi connectivity index (χ0v) is 9.51. The van der Waals surface area contributed by atoms with E-state index < -0.39 is 0 Å². The van der Waals surface area contributed by atoms with Gasteiger partial charge in [0, 0.05) is 11.9 Å². The van der Waals surface area contributed by atoms with Crippen molar-refractivity contribution in [3.63, 3.8) is 0 Å². The van der Waals surface area contributed by atoms with Crippen LogP contribution in [-0.4, -0.2) is 11.6 Å².